The van der Waals surface area contributed by atoms with Gasteiger partial charge in [-0.05, 0) is 195 Å². The maximum Gasteiger partial charge on any atom is 0.255 e. The molecule has 10 aromatic rings. The molecular formula is C104H152N6O8S3. The lowest BCUT2D eigenvalue weighted by atomic mass is 9.97. The molecule has 2 amide bonds. The molecule has 0 radical (unpaired) electrons. The molecule has 121 heavy (non-hydrogen) atoms. The van der Waals surface area contributed by atoms with Crippen LogP contribution in [-0.2, 0) is 13.1 Å². The van der Waals surface area contributed by atoms with Crippen LogP contribution in [0.1, 0.15) is 313 Å². The average Bonchev–Trinajstić information content (AvgIpc) is 1.52. The van der Waals surface area contributed by atoms with E-state index in [1.165, 1.54) is 122 Å². The minimum atomic E-state index is -0.238. The summed E-state index contributed by atoms with van der Waals surface area (Å²) in [5, 5.41) is 8.78. The van der Waals surface area contributed by atoms with Crippen LogP contribution in [-0.4, -0.2) is 69.3 Å². The maximum absolute atomic E-state index is 14.7. The van der Waals surface area contributed by atoms with Crippen molar-refractivity contribution in [2.75, 3.05) is 50.3 Å². The number of hydrogen-bond acceptors (Lipinski definition) is 13. The lowest BCUT2D eigenvalue weighted by Crippen LogP contribution is -2.15. The van der Waals surface area contributed by atoms with E-state index in [1.807, 2.05) is 48.5 Å². The fraction of sp³-hybridized carbons (Fsp3) is 0.615. The van der Waals surface area contributed by atoms with Crippen LogP contribution in [0.2, 0.25) is 0 Å². The van der Waals surface area contributed by atoms with Gasteiger partial charge in [-0.15, -0.1) is 22.7 Å². The van der Waals surface area contributed by atoms with E-state index in [2.05, 4.69) is 195 Å². The summed E-state index contributed by atoms with van der Waals surface area (Å²) in [6.07, 6.45) is 27.0. The highest BCUT2D eigenvalue weighted by Gasteiger charge is 2.30. The molecule has 0 unspecified atom stereocenters. The number of aromatic nitrogens is 4. The van der Waals surface area contributed by atoms with Gasteiger partial charge in [-0.2, -0.15) is 8.75 Å². The third kappa shape index (κ3) is 27.8. The van der Waals surface area contributed by atoms with Crippen molar-refractivity contribution < 1.29 is 38.0 Å². The summed E-state index contributed by atoms with van der Waals surface area (Å²) in [6, 6.07) is 28.6. The van der Waals surface area contributed by atoms with Gasteiger partial charge in [0.05, 0.1) is 82.8 Å². The molecular weight excluding hydrogens is 1560 g/mol. The minimum Gasteiger partial charge on any atom is -0.490 e. The molecule has 0 saturated heterocycles. The van der Waals surface area contributed by atoms with Crippen molar-refractivity contribution in [3.8, 4) is 55.4 Å². The van der Waals surface area contributed by atoms with E-state index >= 15 is 0 Å². The van der Waals surface area contributed by atoms with Gasteiger partial charge in [0.25, 0.3) is 11.8 Å². The number of hydrogen-bond donors (Lipinski definition) is 2. The molecule has 2 N–H and O–H groups in total. The summed E-state index contributed by atoms with van der Waals surface area (Å²) in [5.41, 5.74) is 11.0. The fourth-order valence-electron chi connectivity index (χ4n) is 16.9. The second kappa shape index (κ2) is 47.7. The molecule has 0 spiro atoms. The Labute approximate surface area is 740 Å². The van der Waals surface area contributed by atoms with Crippen molar-refractivity contribution in [3.63, 3.8) is 0 Å². The molecule has 5 aromatic heterocycles. The van der Waals surface area contributed by atoms with Gasteiger partial charge in [-0.1, -0.05) is 264 Å². The van der Waals surface area contributed by atoms with Crippen LogP contribution in [0, 0.1) is 71.0 Å². The number of nitrogens with zero attached hydrogens (tertiary/aromatic N) is 4. The zero-order valence-corrected chi connectivity index (χ0v) is 80.4. The lowest BCUT2D eigenvalue weighted by molar-refractivity contribution is 0.101. The first-order valence-corrected chi connectivity index (χ1v) is 49.6. The number of benzene rings is 5. The minimum absolute atomic E-state index is 0.238. The fourth-order valence-corrected chi connectivity index (χ4v) is 19.9. The van der Waals surface area contributed by atoms with Gasteiger partial charge in [0.15, 0.2) is 23.0 Å². The molecule has 17 heteroatoms. The molecule has 5 aromatic carbocycles. The Kier molecular flexibility index (Phi) is 37.8. The van der Waals surface area contributed by atoms with Crippen LogP contribution in [0.15, 0.2) is 84.9 Å². The van der Waals surface area contributed by atoms with Gasteiger partial charge < -0.3 is 48.2 Å². The van der Waals surface area contributed by atoms with Crippen molar-refractivity contribution in [3.05, 3.63) is 96.1 Å². The number of anilines is 2. The van der Waals surface area contributed by atoms with E-state index in [0.717, 1.165) is 131 Å². The van der Waals surface area contributed by atoms with Gasteiger partial charge in [0, 0.05) is 56.1 Å². The highest BCUT2D eigenvalue weighted by molar-refractivity contribution is 7.24. The summed E-state index contributed by atoms with van der Waals surface area (Å²) in [4.78, 5) is 31.7. The summed E-state index contributed by atoms with van der Waals surface area (Å²) >= 11 is 4.84. The first kappa shape index (κ1) is 95.9. The van der Waals surface area contributed by atoms with E-state index in [-0.39, 0.29) is 11.8 Å². The van der Waals surface area contributed by atoms with E-state index < -0.39 is 0 Å². The number of ether oxygens (including phenoxy) is 6. The van der Waals surface area contributed by atoms with Crippen LogP contribution in [0.5, 0.6) is 34.5 Å². The monoisotopic (exact) mass is 1710 g/mol. The van der Waals surface area contributed by atoms with Crippen molar-refractivity contribution in [2.24, 2.45) is 71.0 Å². The van der Waals surface area contributed by atoms with Crippen molar-refractivity contribution in [1.29, 1.82) is 0 Å². The quantitative estimate of drug-likeness (QED) is 0.0377. The number of carbonyl (C=O) groups excluding carboxylic acids is 2. The molecule has 0 saturated carbocycles. The Balaban J connectivity index is 0.893. The van der Waals surface area contributed by atoms with Crippen molar-refractivity contribution in [1.82, 2.24) is 17.9 Å². The van der Waals surface area contributed by atoms with E-state index in [4.69, 9.17) is 37.2 Å². The standard InChI is InChI=1S/C104H152N6O8S3/c1-21-109-85-65-91(79-41-45-83(46-42-79)105-103(111)81-61-87(113-55-49-73(15)35-23-29-67(3)4)99(117-59-53-77(19)39-27-33-71(11)12)88(62-81)114-56-50-74(16)36-24-30-68(5)6)119-101(85)93-95-96(108-121-107-95)94-98(97(93)109)110(22-2)86-66-92(120-102(86)94)80-43-47-84(48-44-80)106-104(112)82-63-89(115-57-51-75(17)37-25-31-69(7)8)100(118-60-54-78(20)40-28-34-72(13)14)90(64-82)116-58-52-76(18)38-26-32-70(9)10/h41-48,61-78H,21-40,49-60H2,1-20H3,(H,105,111)(H,106,112)/t73-,74-,75-,76-,77-,78-/m0/s1. The Morgan fingerprint density at radius 2 is 0.595 bits per heavy atom. The van der Waals surface area contributed by atoms with Gasteiger partial charge in [-0.25, -0.2) is 0 Å². The number of rotatable bonds is 56. The Bertz CT molecular complexity index is 4430. The van der Waals surface area contributed by atoms with Crippen molar-refractivity contribution in [2.45, 2.75) is 306 Å². The highest BCUT2D eigenvalue weighted by atomic mass is 32.1. The normalized spacial score (nSPS) is 13.7. The molecule has 0 fully saturated rings. The van der Waals surface area contributed by atoms with Crippen LogP contribution < -0.4 is 39.1 Å². The summed E-state index contributed by atoms with van der Waals surface area (Å²) < 4.78 is 58.1. The molecule has 664 valence electrons. The second-order valence-corrected chi connectivity index (χ2v) is 41.2. The molecule has 0 aliphatic carbocycles. The van der Waals surface area contributed by atoms with Crippen LogP contribution in [0.4, 0.5) is 11.4 Å². The summed E-state index contributed by atoms with van der Waals surface area (Å²) in [5.74, 6) is 10.1. The molecule has 0 bridgehead atoms. The Morgan fingerprint density at radius 3 is 0.843 bits per heavy atom. The SMILES string of the molecule is CCn1c2cc(-c3ccc(NC(=O)c4cc(OCC[C@@H](C)CCCC(C)C)c(OCC[C@@H](C)CCCC(C)C)c(OCC[C@@H](C)CCCC(C)C)c4)cc3)sc2c2c3nsnc3c3c4sc(-c5ccc(NC(=O)c6cc(OCC[C@@H](C)CCCC(C)C)c(OCC[C@@H](C)CCCC(C)C)c(OCC[C@@H](C)CCCC(C)C)c6)cc5)cc4n(CC)c3c21. The Hall–Kier alpha value is -7.34. The zero-order valence-electron chi connectivity index (χ0n) is 77.9. The van der Waals surface area contributed by atoms with Gasteiger partial charge in [-0.3, -0.25) is 9.59 Å². The van der Waals surface area contributed by atoms with Crippen LogP contribution >= 0.6 is 34.4 Å². The zero-order chi connectivity index (χ0) is 86.8. The number of fused-ring (bicyclic) bond motifs is 10. The largest absolute Gasteiger partial charge is 0.490 e. The second-order valence-electron chi connectivity index (χ2n) is 38.6. The molecule has 6 atom stereocenters. The predicted molar refractivity (Wildman–Crippen MR) is 518 cm³/mol. The number of thiophene rings is 2. The lowest BCUT2D eigenvalue weighted by Gasteiger charge is -2.21. The predicted octanol–water partition coefficient (Wildman–Crippen LogP) is 31.3. The van der Waals surface area contributed by atoms with Gasteiger partial charge in [0.2, 0.25) is 11.5 Å². The Morgan fingerprint density at radius 1 is 0.339 bits per heavy atom. The summed E-state index contributed by atoms with van der Waals surface area (Å²) in [6.45, 7) is 50.6. The molecule has 0 aliphatic heterocycles. The van der Waals surface area contributed by atoms with Crippen LogP contribution in [0.25, 0.3) is 74.2 Å². The number of amides is 2. The summed E-state index contributed by atoms with van der Waals surface area (Å²) in [7, 11) is 0. The average molecular weight is 1710 g/mol. The first-order valence-electron chi connectivity index (χ1n) is 47.3. The molecule has 10 rings (SSSR count). The molecule has 14 nitrogen and oxygen atoms in total. The molecule has 5 heterocycles. The third-order valence-electron chi connectivity index (χ3n) is 24.8. The maximum atomic E-state index is 14.7. The third-order valence-corrected chi connectivity index (χ3v) is 27.7. The first-order chi connectivity index (χ1) is 58.2. The van der Waals surface area contributed by atoms with E-state index in [9.17, 15) is 9.59 Å². The van der Waals surface area contributed by atoms with Gasteiger partial charge in [0.1, 0.15) is 11.0 Å². The topological polar surface area (TPSA) is 149 Å². The van der Waals surface area contributed by atoms with Crippen LogP contribution in [0.3, 0.4) is 0 Å². The van der Waals surface area contributed by atoms with E-state index in [0.29, 0.717) is 168 Å². The number of carbonyl (C=O) groups is 2. The number of aryl methyl sites for hydroxylation is 2. The van der Waals surface area contributed by atoms with Gasteiger partial charge >= 0.3 is 0 Å². The number of nitrogens with one attached hydrogen (secondary N) is 2. The molecule has 0 aliphatic rings. The van der Waals surface area contributed by atoms with E-state index in [1.54, 1.807) is 22.7 Å². The van der Waals surface area contributed by atoms with Crippen molar-refractivity contribution >= 4 is 111 Å². The highest BCUT2D eigenvalue weighted by Crippen LogP contribution is 2.51. The smallest absolute Gasteiger partial charge is 0.255 e.